The van der Waals surface area contributed by atoms with Gasteiger partial charge in [-0.25, -0.2) is 4.68 Å². The van der Waals surface area contributed by atoms with Gasteiger partial charge in [-0.3, -0.25) is 14.4 Å². The van der Waals surface area contributed by atoms with E-state index >= 15 is 0 Å². The summed E-state index contributed by atoms with van der Waals surface area (Å²) in [7, 11) is 0. The summed E-state index contributed by atoms with van der Waals surface area (Å²) in [5, 5.41) is 9.68. The van der Waals surface area contributed by atoms with Crippen molar-refractivity contribution in [3.63, 3.8) is 0 Å². The van der Waals surface area contributed by atoms with Crippen molar-refractivity contribution in [2.24, 2.45) is 0 Å². The average Bonchev–Trinajstić information content (AvgIpc) is 3.43. The number of carbonyl (C=O) groups excluding carboxylic acids is 3. The Balaban J connectivity index is 1.40. The number of nitrogens with zero attached hydrogens (tertiary/aromatic N) is 2. The zero-order valence-electron chi connectivity index (χ0n) is 24.4. The molecule has 1 aromatic heterocycles. The fourth-order valence-corrected chi connectivity index (χ4v) is 5.01. The topological polar surface area (TPSA) is 102 Å². The lowest BCUT2D eigenvalue weighted by atomic mass is 10.1. The molecule has 0 atom stereocenters. The number of hydrogen-bond donors (Lipinski definition) is 2. The van der Waals surface area contributed by atoms with E-state index in [1.807, 2.05) is 32.9 Å². The Hall–Kier alpha value is -4.47. The second-order valence-corrected chi connectivity index (χ2v) is 12.3. The normalized spacial score (nSPS) is 11.4. The number of ether oxygens (including phenoxy) is 1. The number of halogens is 4. The molecule has 0 saturated heterocycles. The Labute approximate surface area is 267 Å². The molecular weight excluding hydrogens is 629 g/mol. The van der Waals surface area contributed by atoms with Crippen molar-refractivity contribution in [1.82, 2.24) is 9.78 Å². The maximum absolute atomic E-state index is 13.2. The summed E-state index contributed by atoms with van der Waals surface area (Å²) in [6.45, 7) is 5.44. The molecule has 0 aliphatic rings. The molecule has 0 radical (unpaired) electrons. The predicted octanol–water partition coefficient (Wildman–Crippen LogP) is 7.61. The van der Waals surface area contributed by atoms with Gasteiger partial charge in [-0.1, -0.05) is 35.9 Å². The minimum Gasteiger partial charge on any atom is -0.460 e. The molecule has 2 N–H and O–H groups in total. The maximum Gasteiger partial charge on any atom is 0.424 e. The highest BCUT2D eigenvalue weighted by Crippen LogP contribution is 2.29. The molecule has 0 aliphatic carbocycles. The first-order chi connectivity index (χ1) is 21.2. The van der Waals surface area contributed by atoms with Crippen LogP contribution in [0.2, 0.25) is 5.02 Å². The van der Waals surface area contributed by atoms with Gasteiger partial charge in [0, 0.05) is 40.4 Å². The van der Waals surface area contributed by atoms with Crippen molar-refractivity contribution in [2.45, 2.75) is 44.7 Å². The van der Waals surface area contributed by atoms with Gasteiger partial charge in [0.15, 0.2) is 5.82 Å². The van der Waals surface area contributed by atoms with E-state index in [2.05, 4.69) is 21.8 Å². The van der Waals surface area contributed by atoms with Crippen molar-refractivity contribution >= 4 is 52.7 Å². The molecule has 0 spiro atoms. The summed E-state index contributed by atoms with van der Waals surface area (Å²) in [5.74, 6) is -0.208. The number of thioether (sulfide) groups is 1. The average molecular weight is 657 g/mol. The van der Waals surface area contributed by atoms with Gasteiger partial charge in [0.1, 0.15) is 11.2 Å². The Morgan fingerprint density at radius 2 is 1.80 bits per heavy atom. The SMILES string of the molecule is CC(C)(C)OC(=O)CCSCc1cccc(C(=O)Nc2ccc(Cl)cc2C(=O)Nc2ccn(-c3cc#cc(C(F)(F)F)c3)n2)c1. The van der Waals surface area contributed by atoms with E-state index in [4.69, 9.17) is 16.3 Å². The van der Waals surface area contributed by atoms with Crippen LogP contribution in [0.25, 0.3) is 5.69 Å². The largest absolute Gasteiger partial charge is 0.460 e. The van der Waals surface area contributed by atoms with Crippen LogP contribution in [0.4, 0.5) is 24.7 Å². The van der Waals surface area contributed by atoms with Crippen LogP contribution >= 0.6 is 23.4 Å². The Morgan fingerprint density at radius 3 is 2.53 bits per heavy atom. The van der Waals surface area contributed by atoms with Crippen LogP contribution in [0.5, 0.6) is 0 Å². The van der Waals surface area contributed by atoms with Gasteiger partial charge in [0.2, 0.25) is 0 Å². The van der Waals surface area contributed by atoms with Crippen LogP contribution in [0.1, 0.15) is 59.0 Å². The van der Waals surface area contributed by atoms with Gasteiger partial charge in [-0.15, -0.1) is 0 Å². The Kier molecular flexibility index (Phi) is 10.5. The number of hydrogen-bond acceptors (Lipinski definition) is 6. The highest BCUT2D eigenvalue weighted by atomic mass is 35.5. The first kappa shape index (κ1) is 33.4. The van der Waals surface area contributed by atoms with E-state index in [-0.39, 0.29) is 40.2 Å². The number of nitrogens with one attached hydrogen (secondary N) is 2. The molecule has 3 aromatic carbocycles. The third-order valence-electron chi connectivity index (χ3n) is 5.92. The lowest BCUT2D eigenvalue weighted by molar-refractivity contribution is -0.154. The van der Waals surface area contributed by atoms with Crippen molar-refractivity contribution in [1.29, 1.82) is 0 Å². The first-order valence-corrected chi connectivity index (χ1v) is 15.1. The van der Waals surface area contributed by atoms with Gasteiger partial charge in [0.25, 0.3) is 11.8 Å². The van der Waals surface area contributed by atoms with Crippen molar-refractivity contribution in [3.8, 4) is 5.69 Å². The quantitative estimate of drug-likeness (QED) is 0.135. The van der Waals surface area contributed by atoms with E-state index in [0.717, 1.165) is 16.3 Å². The summed E-state index contributed by atoms with van der Waals surface area (Å²) in [6.07, 6.45) is -2.96. The van der Waals surface area contributed by atoms with Gasteiger partial charge in [-0.05, 0) is 62.7 Å². The molecule has 1 heterocycles. The molecule has 4 aromatic rings. The standard InChI is InChI=1S/C32H28ClF3N4O4S/c1-31(2,3)44-28(41)13-15-45-19-20-6-4-7-21(16-20)29(42)37-26-11-10-23(33)18-25(26)30(43)38-27-12-14-40(39-27)24-9-5-8-22(17-24)32(34,35)36/h4,6-7,9-12,14,16-18H,13,15,19H2,1-3H3,(H,37,42)(H,38,39,43). The maximum atomic E-state index is 13.2. The molecule has 0 bridgehead atoms. The van der Waals surface area contributed by atoms with Crippen molar-refractivity contribution < 1.29 is 32.3 Å². The van der Waals surface area contributed by atoms with E-state index in [9.17, 15) is 27.6 Å². The number of esters is 1. The van der Waals surface area contributed by atoms with Crippen LogP contribution in [-0.2, 0) is 21.5 Å². The molecule has 0 aliphatic heterocycles. The minimum atomic E-state index is -4.60. The van der Waals surface area contributed by atoms with Gasteiger partial charge in [0.05, 0.1) is 23.4 Å². The molecule has 45 heavy (non-hydrogen) atoms. The minimum absolute atomic E-state index is 0.0428. The Bertz CT molecular complexity index is 1700. The van der Waals surface area contributed by atoms with E-state index < -0.39 is 29.2 Å². The Morgan fingerprint density at radius 1 is 1.02 bits per heavy atom. The number of rotatable bonds is 10. The van der Waals surface area contributed by atoms with Crippen LogP contribution in [0.3, 0.4) is 0 Å². The van der Waals surface area contributed by atoms with Crippen LogP contribution in [0.15, 0.2) is 66.9 Å². The zero-order chi connectivity index (χ0) is 32.8. The highest BCUT2D eigenvalue weighted by molar-refractivity contribution is 7.98. The summed E-state index contributed by atoms with van der Waals surface area (Å²) in [4.78, 5) is 38.3. The second-order valence-electron chi connectivity index (χ2n) is 10.7. The highest BCUT2D eigenvalue weighted by Gasteiger charge is 2.31. The summed E-state index contributed by atoms with van der Waals surface area (Å²) in [6, 6.07) is 19.2. The number of amides is 2. The molecule has 0 unspecified atom stereocenters. The number of alkyl halides is 3. The third-order valence-corrected chi connectivity index (χ3v) is 7.19. The number of benzene rings is 2. The lowest BCUT2D eigenvalue weighted by Gasteiger charge is -2.19. The molecule has 13 heteroatoms. The molecule has 4 rings (SSSR count). The first-order valence-electron chi connectivity index (χ1n) is 13.6. The molecule has 2 amide bonds. The summed E-state index contributed by atoms with van der Waals surface area (Å²) >= 11 is 7.68. The predicted molar refractivity (Wildman–Crippen MR) is 167 cm³/mol. The van der Waals surface area contributed by atoms with E-state index in [1.165, 1.54) is 48.3 Å². The summed E-state index contributed by atoms with van der Waals surface area (Å²) in [5.41, 5.74) is -0.0234. The van der Waals surface area contributed by atoms with E-state index in [0.29, 0.717) is 17.1 Å². The third kappa shape index (κ3) is 9.76. The molecule has 234 valence electrons. The number of aromatic nitrogens is 2. The fraction of sp³-hybridized carbons (Fsp3) is 0.250. The second kappa shape index (κ2) is 14.1. The molecular formula is C32H28ClF3N4O4S. The van der Waals surface area contributed by atoms with Gasteiger partial charge < -0.3 is 15.4 Å². The molecule has 0 saturated carbocycles. The van der Waals surface area contributed by atoms with Crippen LogP contribution in [-0.4, -0.2) is 38.9 Å². The van der Waals surface area contributed by atoms with Crippen molar-refractivity contribution in [3.05, 3.63) is 106 Å². The smallest absolute Gasteiger partial charge is 0.424 e. The fourth-order valence-electron chi connectivity index (χ4n) is 3.96. The van der Waals surface area contributed by atoms with Crippen LogP contribution < -0.4 is 10.6 Å². The molecule has 8 nitrogen and oxygen atoms in total. The monoisotopic (exact) mass is 656 g/mol. The summed E-state index contributed by atoms with van der Waals surface area (Å²) < 4.78 is 45.7. The number of anilines is 2. The van der Waals surface area contributed by atoms with Crippen molar-refractivity contribution in [2.75, 3.05) is 16.4 Å². The van der Waals surface area contributed by atoms with Crippen LogP contribution in [0, 0.1) is 12.1 Å². The number of carbonyl (C=O) groups is 3. The lowest BCUT2D eigenvalue weighted by Crippen LogP contribution is -2.24. The zero-order valence-corrected chi connectivity index (χ0v) is 26.0. The van der Waals surface area contributed by atoms with Gasteiger partial charge >= 0.3 is 12.1 Å². The molecule has 0 fully saturated rings. The van der Waals surface area contributed by atoms with Gasteiger partial charge in [-0.2, -0.15) is 30.0 Å². The van der Waals surface area contributed by atoms with E-state index in [1.54, 1.807) is 18.2 Å².